The first kappa shape index (κ1) is 10.4. The molecular weight excluding hydrogens is 307 g/mol. The number of hydrogen-bond acceptors (Lipinski definition) is 4. The summed E-state index contributed by atoms with van der Waals surface area (Å²) in [6.07, 6.45) is 0. The summed E-state index contributed by atoms with van der Waals surface area (Å²) in [4.78, 5) is 0. The smallest absolute Gasteiger partial charge is 0.278 e. The van der Waals surface area contributed by atoms with Crippen LogP contribution in [0.3, 0.4) is 0 Å². The molecule has 0 radical (unpaired) electrons. The molecule has 0 aliphatic rings. The Bertz CT molecular complexity index is 456. The largest absolute Gasteiger partial charge is 0.493 e. The summed E-state index contributed by atoms with van der Waals surface area (Å²) in [5, 5.41) is 7.73. The molecule has 0 unspecified atom stereocenters. The first-order chi connectivity index (χ1) is 7.31. The van der Waals surface area contributed by atoms with Crippen molar-refractivity contribution in [2.24, 2.45) is 0 Å². The molecule has 0 aliphatic heterocycles. The minimum atomic E-state index is 0.489. The van der Waals surface area contributed by atoms with Crippen LogP contribution in [0.1, 0.15) is 6.92 Å². The summed E-state index contributed by atoms with van der Waals surface area (Å²) in [7, 11) is 0. The fourth-order valence-corrected chi connectivity index (χ4v) is 1.56. The highest BCUT2D eigenvalue weighted by Crippen LogP contribution is 2.28. The third kappa shape index (κ3) is 2.28. The van der Waals surface area contributed by atoms with Crippen molar-refractivity contribution >= 4 is 22.6 Å². The number of rotatable bonds is 3. The number of benzene rings is 1. The van der Waals surface area contributed by atoms with Gasteiger partial charge in [0.25, 0.3) is 9.79 Å². The van der Waals surface area contributed by atoms with E-state index in [9.17, 15) is 0 Å². The summed E-state index contributed by atoms with van der Waals surface area (Å²) in [5.74, 6) is 1.25. The van der Waals surface area contributed by atoms with Gasteiger partial charge in [-0.2, -0.15) is 0 Å². The quantitative estimate of drug-likeness (QED) is 0.817. The topological polar surface area (TPSA) is 48.2 Å². The molecule has 0 N–H and O–H groups in total. The summed E-state index contributed by atoms with van der Waals surface area (Å²) >= 11 is 1.98. The zero-order chi connectivity index (χ0) is 10.7. The van der Waals surface area contributed by atoms with Gasteiger partial charge in [0.15, 0.2) is 0 Å². The lowest BCUT2D eigenvalue weighted by Gasteiger charge is -2.05. The van der Waals surface area contributed by atoms with Crippen molar-refractivity contribution < 1.29 is 9.15 Å². The number of para-hydroxylation sites is 1. The molecule has 15 heavy (non-hydrogen) atoms. The third-order valence-corrected chi connectivity index (χ3v) is 2.25. The van der Waals surface area contributed by atoms with Crippen LogP contribution in [0.15, 0.2) is 28.7 Å². The Hall–Kier alpha value is -1.11. The maximum absolute atomic E-state index is 5.47. The van der Waals surface area contributed by atoms with Crippen molar-refractivity contribution in [2.75, 3.05) is 6.61 Å². The molecule has 0 bridgehead atoms. The monoisotopic (exact) mass is 316 g/mol. The Morgan fingerprint density at radius 1 is 1.33 bits per heavy atom. The predicted octanol–water partition coefficient (Wildman–Crippen LogP) is 2.74. The first-order valence-corrected chi connectivity index (χ1v) is 5.60. The van der Waals surface area contributed by atoms with Gasteiger partial charge in [-0.15, -0.1) is 10.2 Å². The summed E-state index contributed by atoms with van der Waals surface area (Å²) in [5.41, 5.74) is 0.828. The lowest BCUT2D eigenvalue weighted by atomic mass is 10.2. The van der Waals surface area contributed by atoms with Crippen LogP contribution in [0.2, 0.25) is 0 Å². The first-order valence-electron chi connectivity index (χ1n) is 4.52. The predicted molar refractivity (Wildman–Crippen MR) is 63.6 cm³/mol. The number of aromatic nitrogens is 2. The number of ether oxygens (including phenoxy) is 1. The van der Waals surface area contributed by atoms with Crippen LogP contribution in [0.25, 0.3) is 11.5 Å². The molecular formula is C10H9IN2O2. The second kappa shape index (κ2) is 4.61. The molecule has 4 nitrogen and oxygen atoms in total. The van der Waals surface area contributed by atoms with Gasteiger partial charge in [-0.1, -0.05) is 12.1 Å². The molecule has 1 heterocycles. The van der Waals surface area contributed by atoms with Crippen LogP contribution in [0.4, 0.5) is 0 Å². The van der Waals surface area contributed by atoms with E-state index in [4.69, 9.17) is 9.15 Å². The Balaban J connectivity index is 2.42. The molecule has 0 atom stereocenters. The molecule has 2 rings (SSSR count). The van der Waals surface area contributed by atoms with E-state index in [2.05, 4.69) is 10.2 Å². The SMILES string of the molecule is CCOc1ccccc1-c1nnc(I)o1. The Morgan fingerprint density at radius 3 is 2.80 bits per heavy atom. The third-order valence-electron chi connectivity index (χ3n) is 1.82. The lowest BCUT2D eigenvalue weighted by Crippen LogP contribution is -1.93. The molecule has 0 fully saturated rings. The molecule has 2 aromatic rings. The van der Waals surface area contributed by atoms with Gasteiger partial charge in [-0.25, -0.2) is 0 Å². The Morgan fingerprint density at radius 2 is 2.13 bits per heavy atom. The minimum Gasteiger partial charge on any atom is -0.493 e. The van der Waals surface area contributed by atoms with Gasteiger partial charge in [-0.3, -0.25) is 0 Å². The Labute approximate surface area is 101 Å². The van der Waals surface area contributed by atoms with Gasteiger partial charge in [-0.05, 0) is 19.1 Å². The molecule has 0 amide bonds. The number of halogens is 1. The van der Waals surface area contributed by atoms with Crippen LogP contribution >= 0.6 is 22.6 Å². The molecule has 5 heteroatoms. The van der Waals surface area contributed by atoms with Crippen molar-refractivity contribution in [2.45, 2.75) is 6.92 Å². The fourth-order valence-electron chi connectivity index (χ4n) is 1.24. The van der Waals surface area contributed by atoms with Gasteiger partial charge in [0.2, 0.25) is 0 Å². The highest BCUT2D eigenvalue weighted by atomic mass is 127. The van der Waals surface area contributed by atoms with Crippen LogP contribution < -0.4 is 4.74 Å². The second-order valence-corrected chi connectivity index (χ2v) is 3.71. The zero-order valence-electron chi connectivity index (χ0n) is 8.11. The average molecular weight is 316 g/mol. The van der Waals surface area contributed by atoms with Crippen molar-refractivity contribution in [3.05, 3.63) is 28.2 Å². The van der Waals surface area contributed by atoms with E-state index in [1.165, 1.54) is 0 Å². The molecule has 0 saturated carbocycles. The van der Waals surface area contributed by atoms with E-state index in [-0.39, 0.29) is 0 Å². The van der Waals surface area contributed by atoms with E-state index in [0.717, 1.165) is 11.3 Å². The summed E-state index contributed by atoms with van der Waals surface area (Å²) < 4.78 is 11.3. The normalized spacial score (nSPS) is 10.3. The molecule has 0 aliphatic carbocycles. The molecule has 78 valence electrons. The van der Waals surface area contributed by atoms with Crippen molar-refractivity contribution in [3.63, 3.8) is 0 Å². The van der Waals surface area contributed by atoms with Crippen molar-refractivity contribution in [3.8, 4) is 17.2 Å². The molecule has 1 aromatic carbocycles. The van der Waals surface area contributed by atoms with E-state index in [1.54, 1.807) is 0 Å². The second-order valence-electron chi connectivity index (χ2n) is 2.79. The van der Waals surface area contributed by atoms with Gasteiger partial charge < -0.3 is 9.15 Å². The standard InChI is InChI=1S/C10H9IN2O2/c1-2-14-8-6-4-3-5-7(8)9-12-13-10(11)15-9/h3-6H,2H2,1H3. The lowest BCUT2D eigenvalue weighted by molar-refractivity contribution is 0.340. The van der Waals surface area contributed by atoms with E-state index in [1.807, 2.05) is 53.8 Å². The maximum Gasteiger partial charge on any atom is 0.278 e. The van der Waals surface area contributed by atoms with Gasteiger partial charge in [0, 0.05) is 22.6 Å². The molecule has 0 saturated heterocycles. The van der Waals surface area contributed by atoms with E-state index < -0.39 is 0 Å². The Kier molecular flexibility index (Phi) is 3.20. The van der Waals surface area contributed by atoms with E-state index in [0.29, 0.717) is 16.4 Å². The summed E-state index contributed by atoms with van der Waals surface area (Å²) in [6.45, 7) is 2.55. The van der Waals surface area contributed by atoms with Gasteiger partial charge >= 0.3 is 0 Å². The fraction of sp³-hybridized carbons (Fsp3) is 0.200. The van der Waals surface area contributed by atoms with Crippen LogP contribution in [0.5, 0.6) is 5.75 Å². The van der Waals surface area contributed by atoms with Crippen molar-refractivity contribution in [1.82, 2.24) is 10.2 Å². The van der Waals surface area contributed by atoms with Gasteiger partial charge in [0.1, 0.15) is 5.75 Å². The average Bonchev–Trinajstić information content (AvgIpc) is 2.66. The van der Waals surface area contributed by atoms with Crippen molar-refractivity contribution in [1.29, 1.82) is 0 Å². The van der Waals surface area contributed by atoms with Crippen LogP contribution in [-0.4, -0.2) is 16.8 Å². The zero-order valence-corrected chi connectivity index (χ0v) is 10.3. The number of nitrogens with zero attached hydrogens (tertiary/aromatic N) is 2. The van der Waals surface area contributed by atoms with Gasteiger partial charge in [0.05, 0.1) is 12.2 Å². The van der Waals surface area contributed by atoms with Crippen LogP contribution in [-0.2, 0) is 0 Å². The summed E-state index contributed by atoms with van der Waals surface area (Å²) in [6, 6.07) is 7.61. The molecule has 0 spiro atoms. The van der Waals surface area contributed by atoms with Crippen LogP contribution in [0, 0.1) is 3.90 Å². The number of hydrogen-bond donors (Lipinski definition) is 0. The van der Waals surface area contributed by atoms with E-state index >= 15 is 0 Å². The maximum atomic E-state index is 5.47. The highest BCUT2D eigenvalue weighted by molar-refractivity contribution is 14.1. The molecule has 1 aromatic heterocycles. The highest BCUT2D eigenvalue weighted by Gasteiger charge is 2.11. The minimum absolute atomic E-state index is 0.489.